The Morgan fingerprint density at radius 1 is 1.00 bits per heavy atom. The van der Waals surface area contributed by atoms with Crippen molar-refractivity contribution in [3.05, 3.63) is 30.3 Å². The molecule has 0 N–H and O–H groups in total. The zero-order chi connectivity index (χ0) is 14.9. The monoisotopic (exact) mass is 278 g/mol. The lowest BCUT2D eigenvalue weighted by atomic mass is 9.98. The maximum Gasteiger partial charge on any atom is 0.121 e. The smallest absolute Gasteiger partial charge is 0.121 e. The van der Waals surface area contributed by atoms with Crippen molar-refractivity contribution in [3.63, 3.8) is 0 Å². The summed E-state index contributed by atoms with van der Waals surface area (Å²) in [6.07, 6.45) is 4.13. The van der Waals surface area contributed by atoms with Gasteiger partial charge in [-0.15, -0.1) is 0 Å². The van der Waals surface area contributed by atoms with Crippen molar-refractivity contribution >= 4 is 20.0 Å². The fraction of sp³-hybridized carbons (Fsp3) is 0.625. The molecule has 0 aromatic heterocycles. The minimum absolute atomic E-state index is 1.00. The van der Waals surface area contributed by atoms with Gasteiger partial charge in [0.1, 0.15) is 6.87 Å². The first-order chi connectivity index (χ1) is 8.67. The van der Waals surface area contributed by atoms with E-state index in [2.05, 4.69) is 78.5 Å². The van der Waals surface area contributed by atoms with Gasteiger partial charge in [-0.3, -0.25) is 0 Å². The quantitative estimate of drug-likeness (QED) is 0.441. The summed E-state index contributed by atoms with van der Waals surface area (Å²) >= 11 is 0. The molecule has 0 amide bonds. The molecule has 3 heteroatoms. The molecule has 0 atom stereocenters. The Morgan fingerprint density at radius 3 is 1.89 bits per heavy atom. The molecule has 0 aliphatic heterocycles. The van der Waals surface area contributed by atoms with E-state index < -0.39 is 7.94 Å². The number of benzene rings is 1. The van der Waals surface area contributed by atoms with Gasteiger partial charge in [0.05, 0.1) is 28.2 Å². The third kappa shape index (κ3) is 11.0. The number of quaternary nitrogens is 1. The van der Waals surface area contributed by atoms with E-state index in [0.29, 0.717) is 0 Å². The van der Waals surface area contributed by atoms with E-state index in [1.807, 2.05) is 0 Å². The van der Waals surface area contributed by atoms with Crippen LogP contribution in [0.15, 0.2) is 30.3 Å². The zero-order valence-corrected chi connectivity index (χ0v) is 15.2. The summed E-state index contributed by atoms with van der Waals surface area (Å²) in [5, 5.41) is 1.61. The van der Waals surface area contributed by atoms with E-state index in [9.17, 15) is 0 Å². The second kappa shape index (κ2) is 8.60. The average Bonchev–Trinajstić information content (AvgIpc) is 2.28. The Balaban J connectivity index is 0.000000555. The molecule has 1 aromatic rings. The van der Waals surface area contributed by atoms with Crippen LogP contribution in [0.5, 0.6) is 0 Å². The maximum atomic E-state index is 2.48. The van der Waals surface area contributed by atoms with Gasteiger partial charge < -0.3 is 4.48 Å². The number of nitrogens with zero attached hydrogens (tertiary/aromatic N) is 1. The molecule has 0 saturated heterocycles. The molecule has 1 rings (SSSR count). The first-order valence-corrected chi connectivity index (χ1v) is 10.7. The van der Waals surface area contributed by atoms with Crippen molar-refractivity contribution in [1.29, 1.82) is 0 Å². The molecular formula is C16H33BNSi+. The highest BCUT2D eigenvalue weighted by atomic mass is 28.3. The van der Waals surface area contributed by atoms with Gasteiger partial charge in [0.2, 0.25) is 0 Å². The van der Waals surface area contributed by atoms with Crippen LogP contribution in [0.4, 0.5) is 0 Å². The highest BCUT2D eigenvalue weighted by molar-refractivity contribution is 7.30. The lowest BCUT2D eigenvalue weighted by Gasteiger charge is -2.21. The molecule has 19 heavy (non-hydrogen) atoms. The second-order valence-electron chi connectivity index (χ2n) is 7.39. The van der Waals surface area contributed by atoms with Gasteiger partial charge in [0.25, 0.3) is 0 Å². The number of rotatable bonds is 5. The van der Waals surface area contributed by atoms with E-state index in [1.54, 1.807) is 5.19 Å². The molecule has 0 unspecified atom stereocenters. The van der Waals surface area contributed by atoms with Gasteiger partial charge in [-0.25, -0.2) is 0 Å². The summed E-state index contributed by atoms with van der Waals surface area (Å²) < 4.78 is 1.00. The van der Waals surface area contributed by atoms with Crippen LogP contribution in [0.3, 0.4) is 0 Å². The molecule has 0 fully saturated rings. The molecule has 0 saturated carbocycles. The van der Waals surface area contributed by atoms with E-state index in [-0.39, 0.29) is 0 Å². The van der Waals surface area contributed by atoms with E-state index in [0.717, 1.165) is 4.48 Å². The fourth-order valence-corrected chi connectivity index (χ4v) is 4.37. The minimum Gasteiger partial charge on any atom is -0.333 e. The maximum absolute atomic E-state index is 2.48. The van der Waals surface area contributed by atoms with Crippen molar-refractivity contribution in [3.8, 4) is 0 Å². The lowest BCUT2D eigenvalue weighted by Crippen LogP contribution is -2.47. The van der Waals surface area contributed by atoms with Crippen LogP contribution in [0, 0.1) is 0 Å². The SMILES string of the molecule is CCCCB[Si](C)(C)c1ccccc1.C[N+](C)(C)C. The van der Waals surface area contributed by atoms with Crippen molar-refractivity contribution in [2.45, 2.75) is 39.2 Å². The van der Waals surface area contributed by atoms with Gasteiger partial charge in [-0.05, 0) is 0 Å². The second-order valence-corrected chi connectivity index (χ2v) is 12.2. The largest absolute Gasteiger partial charge is 0.333 e. The van der Waals surface area contributed by atoms with Gasteiger partial charge in [-0.1, -0.05) is 74.7 Å². The van der Waals surface area contributed by atoms with Gasteiger partial charge in [0, 0.05) is 7.94 Å². The van der Waals surface area contributed by atoms with Crippen molar-refractivity contribution in [2.24, 2.45) is 0 Å². The van der Waals surface area contributed by atoms with Crippen molar-refractivity contribution < 1.29 is 4.48 Å². The van der Waals surface area contributed by atoms with Crippen molar-refractivity contribution in [2.75, 3.05) is 28.2 Å². The summed E-state index contributed by atoms with van der Waals surface area (Å²) in [5.41, 5.74) is 0. The third-order valence-electron chi connectivity index (χ3n) is 2.96. The molecular weight excluding hydrogens is 245 g/mol. The van der Waals surface area contributed by atoms with Crippen LogP contribution in [0.2, 0.25) is 19.4 Å². The van der Waals surface area contributed by atoms with Gasteiger partial charge in [-0.2, -0.15) is 0 Å². The third-order valence-corrected chi connectivity index (χ3v) is 6.46. The average molecular weight is 278 g/mol. The lowest BCUT2D eigenvalue weighted by molar-refractivity contribution is -0.849. The van der Waals surface area contributed by atoms with Crippen molar-refractivity contribution in [1.82, 2.24) is 0 Å². The molecule has 1 aromatic carbocycles. The molecule has 108 valence electrons. The van der Waals surface area contributed by atoms with Crippen LogP contribution >= 0.6 is 0 Å². The summed E-state index contributed by atoms with van der Waals surface area (Å²) in [6.45, 7) is 8.68. The van der Waals surface area contributed by atoms with Crippen LogP contribution in [-0.2, 0) is 0 Å². The summed E-state index contributed by atoms with van der Waals surface area (Å²) in [4.78, 5) is 0. The van der Waals surface area contributed by atoms with Crippen LogP contribution < -0.4 is 5.19 Å². The van der Waals surface area contributed by atoms with E-state index in [4.69, 9.17) is 0 Å². The Hall–Kier alpha value is -0.538. The van der Waals surface area contributed by atoms with Gasteiger partial charge >= 0.3 is 0 Å². The Labute approximate surface area is 122 Å². The summed E-state index contributed by atoms with van der Waals surface area (Å²) in [6, 6.07) is 11.1. The molecule has 0 heterocycles. The summed E-state index contributed by atoms with van der Waals surface area (Å²) in [7, 11) is 7.38. The standard InChI is InChI=1S/C12H21BSi.C4H12N/c1-4-5-11-13-14(2,3)12-9-7-6-8-10-12;1-5(2,3)4/h6-10,13H,4-5,11H2,1-3H3;1-4H3/q;+1. The molecule has 0 bridgehead atoms. The molecule has 0 spiro atoms. The van der Waals surface area contributed by atoms with Crippen LogP contribution in [0.25, 0.3) is 0 Å². The van der Waals surface area contributed by atoms with Gasteiger partial charge in [0.15, 0.2) is 0 Å². The molecule has 0 aliphatic carbocycles. The predicted molar refractivity (Wildman–Crippen MR) is 94.4 cm³/mol. The fourth-order valence-electron chi connectivity index (χ4n) is 1.85. The van der Waals surface area contributed by atoms with Crippen LogP contribution in [0.1, 0.15) is 19.8 Å². The number of hydrogen-bond donors (Lipinski definition) is 0. The highest BCUT2D eigenvalue weighted by Crippen LogP contribution is 2.06. The highest BCUT2D eigenvalue weighted by Gasteiger charge is 2.22. The van der Waals surface area contributed by atoms with E-state index in [1.165, 1.54) is 26.0 Å². The first-order valence-electron chi connectivity index (χ1n) is 7.51. The normalized spacial score (nSPS) is 11.5. The molecule has 0 radical (unpaired) electrons. The zero-order valence-electron chi connectivity index (χ0n) is 14.2. The summed E-state index contributed by atoms with van der Waals surface area (Å²) in [5.74, 6) is 0. The molecule has 0 aliphatic rings. The predicted octanol–water partition coefficient (Wildman–Crippen LogP) is 3.08. The first kappa shape index (κ1) is 18.5. The van der Waals surface area contributed by atoms with E-state index >= 15 is 0 Å². The minimum atomic E-state index is -1.12. The number of unbranched alkanes of at least 4 members (excludes halogenated alkanes) is 1. The Bertz CT molecular complexity index is 324. The number of hydrogen-bond acceptors (Lipinski definition) is 0. The Morgan fingerprint density at radius 2 is 1.47 bits per heavy atom. The molecule has 1 nitrogen and oxygen atoms in total. The van der Waals surface area contributed by atoms with Crippen LogP contribution in [-0.4, -0.2) is 47.5 Å². The Kier molecular flexibility index (Phi) is 8.35. The topological polar surface area (TPSA) is 0 Å².